The molecule has 4 amide bonds. The predicted octanol–water partition coefficient (Wildman–Crippen LogP) is 3.62. The maximum absolute atomic E-state index is 14.0. The van der Waals surface area contributed by atoms with Crippen LogP contribution in [-0.4, -0.2) is 52.8 Å². The molecule has 184 valence electrons. The monoisotopic (exact) mass is 474 g/mol. The number of nitrogens with one attached hydrogen (secondary N) is 2. The molecule has 4 rings (SSSR count). The second-order valence-electron chi connectivity index (χ2n) is 9.65. The lowest BCUT2D eigenvalue weighted by molar-refractivity contribution is -0.136. The fraction of sp³-hybridized carbons (Fsp3) is 0.393. The summed E-state index contributed by atoms with van der Waals surface area (Å²) in [5.41, 5.74) is 5.23. The Morgan fingerprint density at radius 1 is 1.11 bits per heavy atom. The molecule has 7 nitrogen and oxygen atoms in total. The summed E-state index contributed by atoms with van der Waals surface area (Å²) in [5.74, 6) is -0.397. The van der Waals surface area contributed by atoms with E-state index >= 15 is 0 Å². The van der Waals surface area contributed by atoms with Crippen LogP contribution < -0.4 is 10.6 Å². The third-order valence-corrected chi connectivity index (χ3v) is 6.68. The van der Waals surface area contributed by atoms with Gasteiger partial charge in [0.05, 0.1) is 23.9 Å². The smallest absolute Gasteiger partial charge is 0.322 e. The molecule has 2 aliphatic heterocycles. The first kappa shape index (κ1) is 24.5. The number of benzene rings is 2. The van der Waals surface area contributed by atoms with Crippen LogP contribution in [-0.2, 0) is 16.0 Å². The van der Waals surface area contributed by atoms with Crippen LogP contribution in [0.2, 0.25) is 0 Å². The standard InChI is InChI=1S/C28H34N4O3/c1-6-31-23-16-32(22(26(33)29-17(2)3)15-20-10-8-7-9-11-20)27(34)24(23)25(30-28(31)35)21-13-12-18(4)14-19(21)5/h7-14,17,22,25H,6,15-16H2,1-5H3,(H,29,33)(H,30,35)/t22-,25-/m1/s1. The van der Waals surface area contributed by atoms with Crippen molar-refractivity contribution in [2.24, 2.45) is 0 Å². The second kappa shape index (κ2) is 9.94. The van der Waals surface area contributed by atoms with Gasteiger partial charge in [0.25, 0.3) is 5.91 Å². The molecule has 2 heterocycles. The summed E-state index contributed by atoms with van der Waals surface area (Å²) in [5, 5.41) is 6.03. The van der Waals surface area contributed by atoms with Crippen molar-refractivity contribution < 1.29 is 14.4 Å². The van der Waals surface area contributed by atoms with Gasteiger partial charge >= 0.3 is 6.03 Å². The molecule has 35 heavy (non-hydrogen) atoms. The quantitative estimate of drug-likeness (QED) is 0.643. The fourth-order valence-electron chi connectivity index (χ4n) is 5.04. The predicted molar refractivity (Wildman–Crippen MR) is 136 cm³/mol. The van der Waals surface area contributed by atoms with Gasteiger partial charge in [-0.2, -0.15) is 0 Å². The molecular formula is C28H34N4O3. The van der Waals surface area contributed by atoms with Crippen molar-refractivity contribution in [2.75, 3.05) is 13.1 Å². The molecule has 0 bridgehead atoms. The van der Waals surface area contributed by atoms with Crippen LogP contribution in [0.3, 0.4) is 0 Å². The molecule has 2 atom stereocenters. The van der Waals surface area contributed by atoms with Crippen molar-refractivity contribution in [3.05, 3.63) is 82.1 Å². The van der Waals surface area contributed by atoms with Gasteiger partial charge in [-0.05, 0) is 51.3 Å². The minimum atomic E-state index is -0.688. The molecule has 2 N–H and O–H groups in total. The van der Waals surface area contributed by atoms with Crippen molar-refractivity contribution in [3.8, 4) is 0 Å². The number of urea groups is 1. The highest BCUT2D eigenvalue weighted by Crippen LogP contribution is 2.38. The molecule has 0 saturated carbocycles. The molecule has 0 unspecified atom stereocenters. The molecule has 0 radical (unpaired) electrons. The molecule has 7 heteroatoms. The molecule has 2 aliphatic rings. The number of likely N-dealkylation sites (N-methyl/N-ethyl adjacent to an activating group) is 1. The van der Waals surface area contributed by atoms with Crippen LogP contribution in [0.5, 0.6) is 0 Å². The Balaban J connectivity index is 1.74. The van der Waals surface area contributed by atoms with Crippen LogP contribution in [0.1, 0.15) is 49.1 Å². The highest BCUT2D eigenvalue weighted by Gasteiger charge is 2.47. The van der Waals surface area contributed by atoms with E-state index in [4.69, 9.17) is 0 Å². The van der Waals surface area contributed by atoms with Crippen molar-refractivity contribution in [2.45, 2.75) is 59.2 Å². The van der Waals surface area contributed by atoms with E-state index in [1.807, 2.05) is 77.1 Å². The number of carbonyl (C=O) groups is 3. The molecular weight excluding hydrogens is 440 g/mol. The van der Waals surface area contributed by atoms with E-state index < -0.39 is 12.1 Å². The molecule has 2 aromatic rings. The zero-order chi connectivity index (χ0) is 25.3. The van der Waals surface area contributed by atoms with Crippen LogP contribution in [0.25, 0.3) is 0 Å². The minimum Gasteiger partial charge on any atom is -0.352 e. The van der Waals surface area contributed by atoms with E-state index in [0.29, 0.717) is 24.2 Å². The van der Waals surface area contributed by atoms with Crippen molar-refractivity contribution in [1.29, 1.82) is 0 Å². The van der Waals surface area contributed by atoms with Crippen LogP contribution in [0, 0.1) is 13.8 Å². The minimum absolute atomic E-state index is 0.0561. The lowest BCUT2D eigenvalue weighted by Crippen LogP contribution is -2.51. The number of amides is 4. The summed E-state index contributed by atoms with van der Waals surface area (Å²) in [6, 6.07) is 14.2. The van der Waals surface area contributed by atoms with Gasteiger partial charge in [0.2, 0.25) is 5.91 Å². The van der Waals surface area contributed by atoms with E-state index in [-0.39, 0.29) is 30.4 Å². The SMILES string of the molecule is CCN1C(=O)N[C@H](c2ccc(C)cc2C)C2=C1CN([C@H](Cc1ccccc1)C(=O)NC(C)C)C2=O. The second-order valence-corrected chi connectivity index (χ2v) is 9.65. The Morgan fingerprint density at radius 3 is 2.46 bits per heavy atom. The van der Waals surface area contributed by atoms with Gasteiger partial charge < -0.3 is 15.5 Å². The molecule has 0 aliphatic carbocycles. The van der Waals surface area contributed by atoms with Gasteiger partial charge in [-0.25, -0.2) is 4.79 Å². The van der Waals surface area contributed by atoms with E-state index in [1.165, 1.54) is 0 Å². The molecule has 0 spiro atoms. The summed E-state index contributed by atoms with van der Waals surface area (Å²) in [6.07, 6.45) is 0.396. The summed E-state index contributed by atoms with van der Waals surface area (Å²) in [6.45, 7) is 10.4. The maximum Gasteiger partial charge on any atom is 0.322 e. The summed E-state index contributed by atoms with van der Waals surface area (Å²) >= 11 is 0. The van der Waals surface area contributed by atoms with Gasteiger partial charge in [0.1, 0.15) is 6.04 Å². The zero-order valence-electron chi connectivity index (χ0n) is 21.1. The molecule has 2 aromatic carbocycles. The Labute approximate surface area is 207 Å². The first-order chi connectivity index (χ1) is 16.7. The Bertz CT molecular complexity index is 1170. The van der Waals surface area contributed by atoms with Gasteiger partial charge in [-0.1, -0.05) is 54.1 Å². The third kappa shape index (κ3) is 4.81. The van der Waals surface area contributed by atoms with Gasteiger partial charge in [0.15, 0.2) is 0 Å². The van der Waals surface area contributed by atoms with Gasteiger partial charge in [-0.3, -0.25) is 14.5 Å². The average Bonchev–Trinajstić information content (AvgIpc) is 3.14. The highest BCUT2D eigenvalue weighted by molar-refractivity contribution is 6.03. The summed E-state index contributed by atoms with van der Waals surface area (Å²) in [4.78, 5) is 43.6. The number of aryl methyl sites for hydroxylation is 2. The van der Waals surface area contributed by atoms with Crippen molar-refractivity contribution in [1.82, 2.24) is 20.4 Å². The molecule has 0 fully saturated rings. The number of carbonyl (C=O) groups excluding carboxylic acids is 3. The lowest BCUT2D eigenvalue weighted by atomic mass is 9.91. The summed E-state index contributed by atoms with van der Waals surface area (Å²) < 4.78 is 0. The average molecular weight is 475 g/mol. The summed E-state index contributed by atoms with van der Waals surface area (Å²) in [7, 11) is 0. The maximum atomic E-state index is 14.0. The fourth-order valence-corrected chi connectivity index (χ4v) is 5.04. The van der Waals surface area contributed by atoms with E-state index in [1.54, 1.807) is 9.80 Å². The Kier molecular flexibility index (Phi) is 6.96. The number of rotatable bonds is 7. The largest absolute Gasteiger partial charge is 0.352 e. The number of nitrogens with zero attached hydrogens (tertiary/aromatic N) is 2. The zero-order valence-corrected chi connectivity index (χ0v) is 21.1. The normalized spacial score (nSPS) is 18.6. The van der Waals surface area contributed by atoms with Crippen LogP contribution in [0.4, 0.5) is 4.79 Å². The van der Waals surface area contributed by atoms with Gasteiger partial charge in [-0.15, -0.1) is 0 Å². The third-order valence-electron chi connectivity index (χ3n) is 6.68. The lowest BCUT2D eigenvalue weighted by Gasteiger charge is -2.33. The Morgan fingerprint density at radius 2 is 1.83 bits per heavy atom. The first-order valence-corrected chi connectivity index (χ1v) is 12.2. The van der Waals surface area contributed by atoms with Crippen molar-refractivity contribution in [3.63, 3.8) is 0 Å². The van der Waals surface area contributed by atoms with E-state index in [9.17, 15) is 14.4 Å². The number of hydrogen-bond acceptors (Lipinski definition) is 3. The van der Waals surface area contributed by atoms with Crippen LogP contribution >= 0.6 is 0 Å². The van der Waals surface area contributed by atoms with Crippen molar-refractivity contribution >= 4 is 17.8 Å². The topological polar surface area (TPSA) is 81.8 Å². The molecule has 0 saturated heterocycles. The van der Waals surface area contributed by atoms with E-state index in [2.05, 4.69) is 16.7 Å². The Hall–Kier alpha value is -3.61. The number of hydrogen-bond donors (Lipinski definition) is 2. The van der Waals surface area contributed by atoms with E-state index in [0.717, 1.165) is 22.3 Å². The molecule has 0 aromatic heterocycles. The highest BCUT2D eigenvalue weighted by atomic mass is 16.2. The first-order valence-electron chi connectivity index (χ1n) is 12.2. The van der Waals surface area contributed by atoms with Crippen LogP contribution in [0.15, 0.2) is 59.8 Å². The van der Waals surface area contributed by atoms with Gasteiger partial charge in [0, 0.05) is 19.0 Å².